The van der Waals surface area contributed by atoms with Crippen molar-refractivity contribution in [2.24, 2.45) is 0 Å². The molecule has 0 unspecified atom stereocenters. The highest BCUT2D eigenvalue weighted by molar-refractivity contribution is 5.87. The minimum Gasteiger partial charge on any atom is -0.354 e. The maximum absolute atomic E-state index is 12.5. The number of aromatic nitrogens is 3. The van der Waals surface area contributed by atoms with Gasteiger partial charge in [0.25, 0.3) is 0 Å². The number of nitrogens with zero attached hydrogens (tertiary/aromatic N) is 3. The molecule has 0 aliphatic carbocycles. The summed E-state index contributed by atoms with van der Waals surface area (Å²) >= 11 is 0. The van der Waals surface area contributed by atoms with Gasteiger partial charge in [0.1, 0.15) is 18.4 Å². The van der Waals surface area contributed by atoms with E-state index in [1.54, 1.807) is 11.5 Å². The Morgan fingerprint density at radius 3 is 2.81 bits per heavy atom. The van der Waals surface area contributed by atoms with Crippen molar-refractivity contribution in [3.63, 3.8) is 0 Å². The lowest BCUT2D eigenvalue weighted by Crippen LogP contribution is -2.51. The first kappa shape index (κ1) is 17.9. The average molecular weight is 357 g/mol. The maximum atomic E-state index is 12.5. The molecule has 0 radical (unpaired) electrons. The fraction of sp³-hybridized carbons (Fsp3) is 0.444. The Kier molecular flexibility index (Phi) is 5.50. The van der Waals surface area contributed by atoms with Gasteiger partial charge in [-0.2, -0.15) is 5.10 Å². The molecule has 3 rings (SSSR count). The van der Waals surface area contributed by atoms with E-state index in [0.717, 1.165) is 16.7 Å². The standard InChI is InChI=1S/C18H23N5O3/c1-13-21-23(12-16(24)20-15-8-5-10-19-17(15)25)18(26)22(13)11-9-14-6-3-2-4-7-14/h2-4,6-7,15H,5,8-12H2,1H3,(H,19,25)(H,20,24)/t15-/m0/s1. The van der Waals surface area contributed by atoms with Crippen molar-refractivity contribution >= 4 is 11.8 Å². The van der Waals surface area contributed by atoms with Gasteiger partial charge in [-0.15, -0.1) is 0 Å². The van der Waals surface area contributed by atoms with E-state index < -0.39 is 6.04 Å². The lowest BCUT2D eigenvalue weighted by Gasteiger charge is -2.22. The smallest absolute Gasteiger partial charge is 0.346 e. The van der Waals surface area contributed by atoms with Gasteiger partial charge in [0.2, 0.25) is 11.8 Å². The third kappa shape index (κ3) is 4.19. The molecule has 8 heteroatoms. The van der Waals surface area contributed by atoms with Crippen molar-refractivity contribution in [2.75, 3.05) is 6.54 Å². The van der Waals surface area contributed by atoms with Gasteiger partial charge in [-0.3, -0.25) is 14.2 Å². The highest BCUT2D eigenvalue weighted by atomic mass is 16.2. The third-order valence-corrected chi connectivity index (χ3v) is 4.49. The molecule has 2 N–H and O–H groups in total. The Balaban J connectivity index is 1.62. The van der Waals surface area contributed by atoms with E-state index in [4.69, 9.17) is 0 Å². The van der Waals surface area contributed by atoms with Crippen LogP contribution in [0.1, 0.15) is 24.2 Å². The summed E-state index contributed by atoms with van der Waals surface area (Å²) < 4.78 is 2.71. The highest BCUT2D eigenvalue weighted by Crippen LogP contribution is 2.04. The molecule has 1 aromatic heterocycles. The summed E-state index contributed by atoms with van der Waals surface area (Å²) in [6.07, 6.45) is 2.14. The number of nitrogens with one attached hydrogen (secondary N) is 2. The molecule has 0 saturated carbocycles. The van der Waals surface area contributed by atoms with Crippen LogP contribution < -0.4 is 16.3 Å². The van der Waals surface area contributed by atoms with Crippen LogP contribution in [0.2, 0.25) is 0 Å². The largest absolute Gasteiger partial charge is 0.354 e. The normalized spacial score (nSPS) is 17.0. The van der Waals surface area contributed by atoms with Crippen LogP contribution in [0.25, 0.3) is 0 Å². The molecular formula is C18H23N5O3. The van der Waals surface area contributed by atoms with Gasteiger partial charge in [-0.05, 0) is 31.7 Å². The van der Waals surface area contributed by atoms with Gasteiger partial charge >= 0.3 is 5.69 Å². The molecule has 2 amide bonds. The molecular weight excluding hydrogens is 334 g/mol. The Bertz CT molecular complexity index is 840. The third-order valence-electron chi connectivity index (χ3n) is 4.49. The minimum absolute atomic E-state index is 0.179. The number of piperidine rings is 1. The van der Waals surface area contributed by atoms with E-state index in [-0.39, 0.29) is 24.0 Å². The number of amides is 2. The van der Waals surface area contributed by atoms with Crippen molar-refractivity contribution in [1.29, 1.82) is 0 Å². The average Bonchev–Trinajstić information content (AvgIpc) is 2.89. The Morgan fingerprint density at radius 2 is 2.08 bits per heavy atom. The van der Waals surface area contributed by atoms with E-state index in [2.05, 4.69) is 15.7 Å². The van der Waals surface area contributed by atoms with Crippen molar-refractivity contribution in [2.45, 2.75) is 45.3 Å². The van der Waals surface area contributed by atoms with Crippen molar-refractivity contribution < 1.29 is 9.59 Å². The zero-order chi connectivity index (χ0) is 18.5. The van der Waals surface area contributed by atoms with E-state index in [0.29, 0.717) is 31.8 Å². The van der Waals surface area contributed by atoms with E-state index >= 15 is 0 Å². The second-order valence-electron chi connectivity index (χ2n) is 6.43. The quantitative estimate of drug-likeness (QED) is 0.760. The van der Waals surface area contributed by atoms with Crippen LogP contribution in [-0.2, 0) is 29.1 Å². The van der Waals surface area contributed by atoms with Gasteiger partial charge in [0, 0.05) is 13.1 Å². The molecule has 8 nitrogen and oxygen atoms in total. The number of carbonyl (C=O) groups excluding carboxylic acids is 2. The van der Waals surface area contributed by atoms with Crippen LogP contribution in [0, 0.1) is 6.92 Å². The highest BCUT2D eigenvalue weighted by Gasteiger charge is 2.24. The van der Waals surface area contributed by atoms with Crippen LogP contribution in [0.4, 0.5) is 0 Å². The van der Waals surface area contributed by atoms with Crippen LogP contribution in [0.15, 0.2) is 35.1 Å². The first-order chi connectivity index (χ1) is 12.5. The fourth-order valence-electron chi connectivity index (χ4n) is 3.08. The second kappa shape index (κ2) is 7.99. The molecule has 1 aliphatic heterocycles. The first-order valence-electron chi connectivity index (χ1n) is 8.80. The zero-order valence-electron chi connectivity index (χ0n) is 14.8. The molecule has 0 bridgehead atoms. The lowest BCUT2D eigenvalue weighted by atomic mass is 10.1. The molecule has 138 valence electrons. The molecule has 1 aromatic carbocycles. The summed E-state index contributed by atoms with van der Waals surface area (Å²) in [5, 5.41) is 9.57. The molecule has 1 saturated heterocycles. The number of hydrogen-bond acceptors (Lipinski definition) is 4. The second-order valence-corrected chi connectivity index (χ2v) is 6.43. The van der Waals surface area contributed by atoms with Gasteiger partial charge < -0.3 is 10.6 Å². The summed E-state index contributed by atoms with van der Waals surface area (Å²) in [6.45, 7) is 2.69. The molecule has 1 fully saturated rings. The molecule has 2 aromatic rings. The van der Waals surface area contributed by atoms with Crippen LogP contribution in [0.3, 0.4) is 0 Å². The van der Waals surface area contributed by atoms with Crippen molar-refractivity contribution in [1.82, 2.24) is 25.0 Å². The molecule has 0 spiro atoms. The van der Waals surface area contributed by atoms with E-state index in [1.807, 2.05) is 30.3 Å². The van der Waals surface area contributed by atoms with Crippen molar-refractivity contribution in [3.05, 3.63) is 52.2 Å². The SMILES string of the molecule is Cc1nn(CC(=O)N[C@H]2CCCNC2=O)c(=O)n1CCc1ccccc1. The minimum atomic E-state index is -0.534. The predicted molar refractivity (Wildman–Crippen MR) is 95.5 cm³/mol. The summed E-state index contributed by atoms with van der Waals surface area (Å²) in [5.41, 5.74) is 0.814. The number of benzene rings is 1. The number of hydrogen-bond donors (Lipinski definition) is 2. The molecule has 2 heterocycles. The van der Waals surface area contributed by atoms with Gasteiger partial charge in [-0.25, -0.2) is 9.48 Å². The number of rotatable bonds is 6. The Morgan fingerprint density at radius 1 is 1.31 bits per heavy atom. The fourth-order valence-corrected chi connectivity index (χ4v) is 3.08. The lowest BCUT2D eigenvalue weighted by molar-refractivity contribution is -0.130. The monoisotopic (exact) mass is 357 g/mol. The summed E-state index contributed by atoms with van der Waals surface area (Å²) in [5.74, 6) is -0.00230. The number of carbonyl (C=O) groups is 2. The van der Waals surface area contributed by atoms with Gasteiger partial charge in [0.15, 0.2) is 0 Å². The Hall–Kier alpha value is -2.90. The van der Waals surface area contributed by atoms with E-state index in [9.17, 15) is 14.4 Å². The van der Waals surface area contributed by atoms with Crippen LogP contribution >= 0.6 is 0 Å². The van der Waals surface area contributed by atoms with Gasteiger partial charge in [0.05, 0.1) is 0 Å². The first-order valence-corrected chi connectivity index (χ1v) is 8.80. The maximum Gasteiger partial charge on any atom is 0.346 e. The van der Waals surface area contributed by atoms with Gasteiger partial charge in [-0.1, -0.05) is 30.3 Å². The molecule has 1 aliphatic rings. The Labute approximate surface area is 151 Å². The molecule has 1 atom stereocenters. The topological polar surface area (TPSA) is 98.0 Å². The summed E-state index contributed by atoms with van der Waals surface area (Å²) in [4.78, 5) is 36.4. The van der Waals surface area contributed by atoms with E-state index in [1.165, 1.54) is 0 Å². The van der Waals surface area contributed by atoms with Crippen molar-refractivity contribution in [3.8, 4) is 0 Å². The zero-order valence-corrected chi connectivity index (χ0v) is 14.8. The van der Waals surface area contributed by atoms with Crippen LogP contribution in [0.5, 0.6) is 0 Å². The summed E-state index contributed by atoms with van der Waals surface area (Å²) in [6, 6.07) is 9.35. The molecule has 26 heavy (non-hydrogen) atoms. The van der Waals surface area contributed by atoms with Crippen LogP contribution in [-0.4, -0.2) is 38.7 Å². The summed E-state index contributed by atoms with van der Waals surface area (Å²) in [7, 11) is 0. The number of aryl methyl sites for hydroxylation is 2. The predicted octanol–water partition coefficient (Wildman–Crippen LogP) is -0.00928.